The summed E-state index contributed by atoms with van der Waals surface area (Å²) in [7, 11) is 0. The number of carbonyl (C=O) groups excluding carboxylic acids is 1. The van der Waals surface area contributed by atoms with E-state index in [1.54, 1.807) is 0 Å². The molecule has 0 spiro atoms. The maximum Gasteiger partial charge on any atom is 0.237 e. The van der Waals surface area contributed by atoms with Crippen LogP contribution in [0.15, 0.2) is 0 Å². The lowest BCUT2D eigenvalue weighted by Gasteiger charge is -2.31. The Labute approximate surface area is 110 Å². The number of nitrogens with zero attached hydrogens (tertiary/aromatic N) is 1. The number of aliphatic hydroxyl groups is 1. The molecule has 1 saturated heterocycles. The van der Waals surface area contributed by atoms with Crippen LogP contribution >= 0.6 is 0 Å². The van der Waals surface area contributed by atoms with E-state index in [1.807, 2.05) is 6.92 Å². The highest BCUT2D eigenvalue weighted by Gasteiger charge is 2.36. The van der Waals surface area contributed by atoms with E-state index in [4.69, 9.17) is 0 Å². The quantitative estimate of drug-likeness (QED) is 0.791. The molecule has 0 radical (unpaired) electrons. The normalized spacial score (nSPS) is 31.7. The van der Waals surface area contributed by atoms with Gasteiger partial charge in [-0.25, -0.2) is 0 Å². The fourth-order valence-corrected chi connectivity index (χ4v) is 3.35. The second kappa shape index (κ2) is 6.02. The van der Waals surface area contributed by atoms with E-state index in [0.717, 1.165) is 25.8 Å². The first-order valence-corrected chi connectivity index (χ1v) is 7.30. The van der Waals surface area contributed by atoms with Gasteiger partial charge in [-0.1, -0.05) is 19.8 Å². The molecule has 2 rings (SSSR count). The Hall–Kier alpha value is -0.610. The van der Waals surface area contributed by atoms with Gasteiger partial charge < -0.3 is 10.4 Å². The van der Waals surface area contributed by atoms with Gasteiger partial charge in [-0.05, 0) is 38.6 Å². The summed E-state index contributed by atoms with van der Waals surface area (Å²) in [6.07, 6.45) is 5.79. The first-order valence-electron chi connectivity index (χ1n) is 7.30. The molecule has 3 unspecified atom stereocenters. The second-order valence-electron chi connectivity index (χ2n) is 5.92. The van der Waals surface area contributed by atoms with Crippen LogP contribution in [0.4, 0.5) is 0 Å². The highest BCUT2D eigenvalue weighted by molar-refractivity contribution is 5.81. The lowest BCUT2D eigenvalue weighted by atomic mass is 10.0. The summed E-state index contributed by atoms with van der Waals surface area (Å²) in [5, 5.41) is 12.6. The number of hydrogen-bond acceptors (Lipinski definition) is 3. The lowest BCUT2D eigenvalue weighted by molar-refractivity contribution is -0.127. The first kappa shape index (κ1) is 13.8. The van der Waals surface area contributed by atoms with E-state index < -0.39 is 0 Å². The number of aliphatic hydroxyl groups excluding tert-OH is 1. The van der Waals surface area contributed by atoms with Gasteiger partial charge in [-0.2, -0.15) is 0 Å². The Morgan fingerprint density at radius 1 is 1.39 bits per heavy atom. The molecule has 4 nitrogen and oxygen atoms in total. The highest BCUT2D eigenvalue weighted by Crippen LogP contribution is 2.26. The molecule has 1 amide bonds. The predicted octanol–water partition coefficient (Wildman–Crippen LogP) is 1.14. The molecule has 2 aliphatic rings. The molecule has 3 atom stereocenters. The summed E-state index contributed by atoms with van der Waals surface area (Å²) in [5.41, 5.74) is 0. The molecule has 104 valence electrons. The minimum Gasteiger partial charge on any atom is -0.395 e. The molecule has 18 heavy (non-hydrogen) atoms. The Balaban J connectivity index is 1.89. The molecular weight excluding hydrogens is 228 g/mol. The third kappa shape index (κ3) is 2.86. The number of amides is 1. The summed E-state index contributed by atoms with van der Waals surface area (Å²) in [4.78, 5) is 14.4. The molecular formula is C14H26N2O2. The molecule has 1 aliphatic carbocycles. The Kier molecular flexibility index (Phi) is 4.62. The lowest BCUT2D eigenvalue weighted by Crippen LogP contribution is -2.50. The van der Waals surface area contributed by atoms with Gasteiger partial charge in [0, 0.05) is 12.1 Å². The van der Waals surface area contributed by atoms with E-state index >= 15 is 0 Å². The maximum absolute atomic E-state index is 12.2. The summed E-state index contributed by atoms with van der Waals surface area (Å²) >= 11 is 0. The van der Waals surface area contributed by atoms with E-state index in [2.05, 4.69) is 17.1 Å². The zero-order chi connectivity index (χ0) is 13.1. The minimum atomic E-state index is -0.118. The fourth-order valence-electron chi connectivity index (χ4n) is 3.35. The van der Waals surface area contributed by atoms with Crippen LogP contribution in [0.2, 0.25) is 0 Å². The average molecular weight is 254 g/mol. The van der Waals surface area contributed by atoms with E-state index in [0.29, 0.717) is 12.0 Å². The number of nitrogens with one attached hydrogen (secondary N) is 1. The third-order valence-corrected chi connectivity index (χ3v) is 4.69. The van der Waals surface area contributed by atoms with Crippen molar-refractivity contribution >= 4 is 5.91 Å². The summed E-state index contributed by atoms with van der Waals surface area (Å²) < 4.78 is 0. The van der Waals surface area contributed by atoms with Crippen LogP contribution in [0.1, 0.15) is 46.0 Å². The second-order valence-corrected chi connectivity index (χ2v) is 5.92. The van der Waals surface area contributed by atoms with Gasteiger partial charge in [0.05, 0.1) is 12.6 Å². The molecule has 0 aromatic carbocycles. The van der Waals surface area contributed by atoms with Crippen LogP contribution in [-0.4, -0.2) is 47.2 Å². The molecule has 2 fully saturated rings. The van der Waals surface area contributed by atoms with Gasteiger partial charge in [-0.3, -0.25) is 9.69 Å². The van der Waals surface area contributed by atoms with Crippen LogP contribution in [0, 0.1) is 5.92 Å². The van der Waals surface area contributed by atoms with Crippen LogP contribution in [-0.2, 0) is 4.79 Å². The fraction of sp³-hybridized carbons (Fsp3) is 0.929. The van der Waals surface area contributed by atoms with Crippen LogP contribution in [0.3, 0.4) is 0 Å². The van der Waals surface area contributed by atoms with Crippen molar-refractivity contribution in [1.29, 1.82) is 0 Å². The van der Waals surface area contributed by atoms with Gasteiger partial charge in [-0.15, -0.1) is 0 Å². The first-order chi connectivity index (χ1) is 8.63. The zero-order valence-electron chi connectivity index (χ0n) is 11.6. The Morgan fingerprint density at radius 2 is 2.06 bits per heavy atom. The van der Waals surface area contributed by atoms with Gasteiger partial charge >= 0.3 is 0 Å². The van der Waals surface area contributed by atoms with Crippen molar-refractivity contribution in [3.63, 3.8) is 0 Å². The molecule has 1 aliphatic heterocycles. The average Bonchev–Trinajstić information content (AvgIpc) is 2.97. The van der Waals surface area contributed by atoms with Crippen molar-refractivity contribution in [3.8, 4) is 0 Å². The van der Waals surface area contributed by atoms with Crippen LogP contribution in [0.25, 0.3) is 0 Å². The maximum atomic E-state index is 12.2. The van der Waals surface area contributed by atoms with Gasteiger partial charge in [0.25, 0.3) is 0 Å². The van der Waals surface area contributed by atoms with E-state index in [1.165, 1.54) is 12.8 Å². The van der Waals surface area contributed by atoms with E-state index in [-0.39, 0.29) is 24.6 Å². The molecule has 4 heteroatoms. The van der Waals surface area contributed by atoms with Gasteiger partial charge in [0.1, 0.15) is 0 Å². The van der Waals surface area contributed by atoms with Crippen molar-refractivity contribution in [1.82, 2.24) is 10.2 Å². The monoisotopic (exact) mass is 254 g/mol. The molecule has 1 heterocycles. The van der Waals surface area contributed by atoms with Gasteiger partial charge in [0.15, 0.2) is 0 Å². The van der Waals surface area contributed by atoms with E-state index in [9.17, 15) is 9.90 Å². The highest BCUT2D eigenvalue weighted by atomic mass is 16.3. The number of hydrogen-bond donors (Lipinski definition) is 2. The number of likely N-dealkylation sites (tertiary alicyclic amines) is 1. The smallest absolute Gasteiger partial charge is 0.237 e. The number of carbonyl (C=O) groups is 1. The van der Waals surface area contributed by atoms with Crippen molar-refractivity contribution in [2.45, 2.75) is 64.1 Å². The largest absolute Gasteiger partial charge is 0.395 e. The van der Waals surface area contributed by atoms with Crippen molar-refractivity contribution in [2.24, 2.45) is 5.92 Å². The molecule has 1 saturated carbocycles. The SMILES string of the molecule is CC1CCN(C(C)C(=O)NC2CCCC2)C1CO. The Bertz CT molecular complexity index is 290. The van der Waals surface area contributed by atoms with Crippen molar-refractivity contribution < 1.29 is 9.90 Å². The van der Waals surface area contributed by atoms with Gasteiger partial charge in [0.2, 0.25) is 5.91 Å². The summed E-state index contributed by atoms with van der Waals surface area (Å²) in [6.45, 7) is 5.20. The molecule has 2 N–H and O–H groups in total. The zero-order valence-corrected chi connectivity index (χ0v) is 11.6. The molecule has 0 bridgehead atoms. The standard InChI is InChI=1S/C14H26N2O2/c1-10-7-8-16(13(10)9-17)11(2)14(18)15-12-5-3-4-6-12/h10-13,17H,3-9H2,1-2H3,(H,15,18). The predicted molar refractivity (Wildman–Crippen MR) is 71.2 cm³/mol. The third-order valence-electron chi connectivity index (χ3n) is 4.69. The minimum absolute atomic E-state index is 0.118. The van der Waals surface area contributed by atoms with Crippen molar-refractivity contribution in [2.75, 3.05) is 13.2 Å². The number of rotatable bonds is 4. The Morgan fingerprint density at radius 3 is 2.67 bits per heavy atom. The molecule has 0 aromatic rings. The topological polar surface area (TPSA) is 52.6 Å². The van der Waals surface area contributed by atoms with Crippen LogP contribution < -0.4 is 5.32 Å². The van der Waals surface area contributed by atoms with Crippen LogP contribution in [0.5, 0.6) is 0 Å². The summed E-state index contributed by atoms with van der Waals surface area (Å²) in [5.74, 6) is 0.617. The van der Waals surface area contributed by atoms with Crippen molar-refractivity contribution in [3.05, 3.63) is 0 Å². The summed E-state index contributed by atoms with van der Waals surface area (Å²) in [6, 6.07) is 0.412. The molecule has 0 aromatic heterocycles.